The van der Waals surface area contributed by atoms with Crippen molar-refractivity contribution in [3.63, 3.8) is 0 Å². The van der Waals surface area contributed by atoms with Gasteiger partial charge in [0.05, 0.1) is 4.92 Å². The molecule has 108 valence electrons. The summed E-state index contributed by atoms with van der Waals surface area (Å²) in [6.07, 6.45) is 1.01. The van der Waals surface area contributed by atoms with Crippen LogP contribution in [-0.2, 0) is 10.8 Å². The molecular weight excluding hydrogens is 262 g/mol. The maximum atomic E-state index is 10.8. The average Bonchev–Trinajstić information content (AvgIpc) is 2.68. The minimum atomic E-state index is -0.349. The molecule has 3 heteroatoms. The second kappa shape index (κ2) is 4.42. The van der Waals surface area contributed by atoms with E-state index < -0.39 is 0 Å². The standard InChI is InChI=1S/C18H19NO2/c1-17(2)12-18(3,16-7-5-4-6-15(16)17)13-8-10-14(11-9-13)19(20)21/h4-11H,12H2,1-3H3. The summed E-state index contributed by atoms with van der Waals surface area (Å²) in [5, 5.41) is 10.8. The molecule has 2 aromatic rings. The summed E-state index contributed by atoms with van der Waals surface area (Å²) >= 11 is 0. The zero-order chi connectivity index (χ0) is 15.3. The lowest BCUT2D eigenvalue weighted by Gasteiger charge is -2.28. The molecule has 1 unspecified atom stereocenters. The monoisotopic (exact) mass is 281 g/mol. The van der Waals surface area contributed by atoms with E-state index in [4.69, 9.17) is 0 Å². The lowest BCUT2D eigenvalue weighted by atomic mass is 9.75. The Morgan fingerprint density at radius 1 is 0.952 bits per heavy atom. The van der Waals surface area contributed by atoms with Crippen LogP contribution in [-0.4, -0.2) is 4.92 Å². The van der Waals surface area contributed by atoms with Crippen molar-refractivity contribution in [1.29, 1.82) is 0 Å². The molecule has 0 N–H and O–H groups in total. The Bertz CT molecular complexity index is 703. The number of fused-ring (bicyclic) bond motifs is 1. The van der Waals surface area contributed by atoms with E-state index in [-0.39, 0.29) is 21.4 Å². The molecule has 0 aromatic heterocycles. The number of hydrogen-bond donors (Lipinski definition) is 0. The third kappa shape index (κ3) is 2.04. The van der Waals surface area contributed by atoms with Crippen LogP contribution in [0.25, 0.3) is 0 Å². The molecule has 0 spiro atoms. The van der Waals surface area contributed by atoms with Gasteiger partial charge in [-0.25, -0.2) is 0 Å². The third-order valence-electron chi connectivity index (χ3n) is 4.76. The minimum Gasteiger partial charge on any atom is -0.258 e. The fourth-order valence-corrected chi connectivity index (χ4v) is 3.84. The van der Waals surface area contributed by atoms with Crippen LogP contribution in [0, 0.1) is 10.1 Å². The Labute approximate surface area is 124 Å². The first kappa shape index (κ1) is 13.8. The molecule has 1 aliphatic rings. The van der Waals surface area contributed by atoms with Crippen LogP contribution in [0.1, 0.15) is 43.9 Å². The molecule has 0 aliphatic heterocycles. The first-order valence-electron chi connectivity index (χ1n) is 7.19. The molecule has 0 fully saturated rings. The van der Waals surface area contributed by atoms with E-state index >= 15 is 0 Å². The van der Waals surface area contributed by atoms with E-state index in [1.807, 2.05) is 12.1 Å². The third-order valence-corrected chi connectivity index (χ3v) is 4.76. The van der Waals surface area contributed by atoms with Gasteiger partial charge < -0.3 is 0 Å². The zero-order valence-electron chi connectivity index (χ0n) is 12.6. The van der Waals surface area contributed by atoms with Crippen molar-refractivity contribution in [2.45, 2.75) is 38.0 Å². The van der Waals surface area contributed by atoms with Gasteiger partial charge in [-0.3, -0.25) is 10.1 Å². The van der Waals surface area contributed by atoms with Crippen molar-refractivity contribution in [2.75, 3.05) is 0 Å². The molecule has 3 nitrogen and oxygen atoms in total. The van der Waals surface area contributed by atoms with Gasteiger partial charge in [0, 0.05) is 17.5 Å². The minimum absolute atomic E-state index is 0.0881. The van der Waals surface area contributed by atoms with E-state index in [9.17, 15) is 10.1 Å². The Morgan fingerprint density at radius 2 is 1.52 bits per heavy atom. The quantitative estimate of drug-likeness (QED) is 0.597. The van der Waals surface area contributed by atoms with Gasteiger partial charge in [0.2, 0.25) is 0 Å². The lowest BCUT2D eigenvalue weighted by Crippen LogP contribution is -2.23. The van der Waals surface area contributed by atoms with E-state index in [0.717, 1.165) is 12.0 Å². The smallest absolute Gasteiger partial charge is 0.258 e. The van der Waals surface area contributed by atoms with Gasteiger partial charge in [0.1, 0.15) is 0 Å². The van der Waals surface area contributed by atoms with Crippen molar-refractivity contribution >= 4 is 5.69 Å². The van der Waals surface area contributed by atoms with Gasteiger partial charge in [0.15, 0.2) is 0 Å². The lowest BCUT2D eigenvalue weighted by molar-refractivity contribution is -0.384. The Hall–Kier alpha value is -2.16. The second-order valence-corrected chi connectivity index (χ2v) is 6.74. The number of nitro benzene ring substituents is 1. The molecule has 21 heavy (non-hydrogen) atoms. The maximum absolute atomic E-state index is 10.8. The molecule has 0 radical (unpaired) electrons. The van der Waals surface area contributed by atoms with E-state index in [2.05, 4.69) is 45.0 Å². The zero-order valence-corrected chi connectivity index (χ0v) is 12.6. The van der Waals surface area contributed by atoms with Crippen LogP contribution < -0.4 is 0 Å². The highest BCUT2D eigenvalue weighted by Crippen LogP contribution is 2.52. The summed E-state index contributed by atoms with van der Waals surface area (Å²) < 4.78 is 0. The summed E-state index contributed by atoms with van der Waals surface area (Å²) in [6.45, 7) is 6.77. The van der Waals surface area contributed by atoms with Crippen molar-refractivity contribution in [3.05, 3.63) is 75.3 Å². The summed E-state index contributed by atoms with van der Waals surface area (Å²) in [7, 11) is 0. The molecule has 1 atom stereocenters. The van der Waals surface area contributed by atoms with Gasteiger partial charge in [-0.2, -0.15) is 0 Å². The highest BCUT2D eigenvalue weighted by molar-refractivity contribution is 5.52. The van der Waals surface area contributed by atoms with Crippen LogP contribution in [0.2, 0.25) is 0 Å². The Balaban J connectivity index is 2.12. The van der Waals surface area contributed by atoms with Gasteiger partial charge >= 0.3 is 0 Å². The van der Waals surface area contributed by atoms with Crippen molar-refractivity contribution in [3.8, 4) is 0 Å². The predicted molar refractivity (Wildman–Crippen MR) is 83.6 cm³/mol. The number of non-ortho nitro benzene ring substituents is 1. The van der Waals surface area contributed by atoms with Gasteiger partial charge in [-0.15, -0.1) is 0 Å². The molecule has 3 rings (SSSR count). The summed E-state index contributed by atoms with van der Waals surface area (Å²) in [5.41, 5.74) is 4.04. The van der Waals surface area contributed by atoms with E-state index in [1.165, 1.54) is 11.1 Å². The number of nitrogens with zero attached hydrogens (tertiary/aromatic N) is 1. The molecule has 0 saturated heterocycles. The number of nitro groups is 1. The average molecular weight is 281 g/mol. The first-order valence-corrected chi connectivity index (χ1v) is 7.19. The van der Waals surface area contributed by atoms with Crippen molar-refractivity contribution in [2.24, 2.45) is 0 Å². The SMILES string of the molecule is CC1(C)CC(C)(c2ccc([N+](=O)[O-])cc2)c2ccccc21. The molecule has 0 bridgehead atoms. The van der Waals surface area contributed by atoms with Crippen LogP contribution in [0.15, 0.2) is 48.5 Å². The number of rotatable bonds is 2. The van der Waals surface area contributed by atoms with Crippen LogP contribution >= 0.6 is 0 Å². The largest absolute Gasteiger partial charge is 0.269 e. The fourth-order valence-electron chi connectivity index (χ4n) is 3.84. The van der Waals surface area contributed by atoms with Gasteiger partial charge in [-0.05, 0) is 28.5 Å². The van der Waals surface area contributed by atoms with Crippen molar-refractivity contribution < 1.29 is 4.92 Å². The number of benzene rings is 2. The summed E-state index contributed by atoms with van der Waals surface area (Å²) in [4.78, 5) is 10.5. The summed E-state index contributed by atoms with van der Waals surface area (Å²) in [5.74, 6) is 0. The molecule has 0 heterocycles. The Kier molecular flexibility index (Phi) is 2.90. The van der Waals surface area contributed by atoms with Crippen molar-refractivity contribution in [1.82, 2.24) is 0 Å². The Morgan fingerprint density at radius 3 is 2.10 bits per heavy atom. The highest BCUT2D eigenvalue weighted by Gasteiger charge is 2.45. The van der Waals surface area contributed by atoms with Gasteiger partial charge in [0.25, 0.3) is 5.69 Å². The highest BCUT2D eigenvalue weighted by atomic mass is 16.6. The topological polar surface area (TPSA) is 43.1 Å². The molecule has 0 amide bonds. The molecule has 2 aromatic carbocycles. The predicted octanol–water partition coefficient (Wildman–Crippen LogP) is 4.58. The van der Waals surface area contributed by atoms with E-state index in [1.54, 1.807) is 12.1 Å². The maximum Gasteiger partial charge on any atom is 0.269 e. The van der Waals surface area contributed by atoms with Gasteiger partial charge in [-0.1, -0.05) is 57.2 Å². The van der Waals surface area contributed by atoms with Crippen LogP contribution in [0.5, 0.6) is 0 Å². The first-order chi connectivity index (χ1) is 9.84. The summed E-state index contributed by atoms with van der Waals surface area (Å²) in [6, 6.07) is 15.6. The van der Waals surface area contributed by atoms with Crippen LogP contribution in [0.4, 0.5) is 5.69 Å². The fraction of sp³-hybridized carbons (Fsp3) is 0.333. The second-order valence-electron chi connectivity index (χ2n) is 6.74. The molecular formula is C18H19NO2. The molecule has 0 saturated carbocycles. The van der Waals surface area contributed by atoms with Crippen LogP contribution in [0.3, 0.4) is 0 Å². The van der Waals surface area contributed by atoms with E-state index in [0.29, 0.717) is 0 Å². The normalized spacial score (nSPS) is 22.8. The molecule has 1 aliphatic carbocycles. The number of hydrogen-bond acceptors (Lipinski definition) is 2.